The van der Waals surface area contributed by atoms with Gasteiger partial charge in [-0.1, -0.05) is 25.1 Å². The molecular weight excluding hydrogens is 342 g/mol. The summed E-state index contributed by atoms with van der Waals surface area (Å²) in [5, 5.41) is 2.89. The minimum atomic E-state index is -0.603. The molecule has 0 radical (unpaired) electrons. The standard InChI is InChI=1S/C18H27N3O3.ClH/c1-3-14-6-4-5-7-15(14)20-16(22)12-21(2)17(23)18(13-19)8-10-24-11-9-18;/h4-7H,3,8-13,19H2,1-2H3,(H,20,22);1H. The zero-order chi connectivity index (χ0) is 17.6. The first-order valence-corrected chi connectivity index (χ1v) is 8.43. The number of amides is 2. The summed E-state index contributed by atoms with van der Waals surface area (Å²) in [6, 6.07) is 7.68. The molecular formula is C18H28ClN3O3. The number of ether oxygens (including phenoxy) is 1. The van der Waals surface area contributed by atoms with Gasteiger partial charge in [0.15, 0.2) is 0 Å². The van der Waals surface area contributed by atoms with E-state index >= 15 is 0 Å². The molecule has 0 unspecified atom stereocenters. The number of carbonyl (C=O) groups excluding carboxylic acids is 2. The number of likely N-dealkylation sites (N-methyl/N-ethyl adjacent to an activating group) is 1. The number of hydrogen-bond acceptors (Lipinski definition) is 4. The Hall–Kier alpha value is -1.63. The fourth-order valence-electron chi connectivity index (χ4n) is 3.10. The van der Waals surface area contributed by atoms with E-state index in [1.165, 1.54) is 4.90 Å². The molecule has 1 aliphatic rings. The quantitative estimate of drug-likeness (QED) is 0.801. The van der Waals surface area contributed by atoms with Gasteiger partial charge in [-0.25, -0.2) is 0 Å². The van der Waals surface area contributed by atoms with Crippen molar-refractivity contribution in [2.24, 2.45) is 11.1 Å². The first-order chi connectivity index (χ1) is 11.5. The Kier molecular flexibility index (Phi) is 8.35. The molecule has 1 aromatic rings. The molecule has 0 aromatic heterocycles. The Labute approximate surface area is 155 Å². The zero-order valence-corrected chi connectivity index (χ0v) is 15.7. The van der Waals surface area contributed by atoms with Gasteiger partial charge in [-0.05, 0) is 30.9 Å². The normalized spacial score (nSPS) is 15.8. The molecule has 0 spiro atoms. The van der Waals surface area contributed by atoms with Crippen LogP contribution in [-0.2, 0) is 20.7 Å². The Bertz CT molecular complexity index is 589. The molecule has 7 heteroatoms. The number of nitrogens with one attached hydrogen (secondary N) is 1. The first-order valence-electron chi connectivity index (χ1n) is 8.43. The first kappa shape index (κ1) is 21.4. The molecule has 6 nitrogen and oxygen atoms in total. The average molecular weight is 370 g/mol. The molecule has 140 valence electrons. The average Bonchev–Trinajstić information content (AvgIpc) is 2.61. The molecule has 3 N–H and O–H groups in total. The predicted octanol–water partition coefficient (Wildman–Crippen LogP) is 1.82. The number of halogens is 1. The third-order valence-corrected chi connectivity index (χ3v) is 4.69. The lowest BCUT2D eigenvalue weighted by molar-refractivity contribution is -0.147. The maximum atomic E-state index is 12.8. The van der Waals surface area contributed by atoms with Gasteiger partial charge in [-0.2, -0.15) is 0 Å². The van der Waals surface area contributed by atoms with Gasteiger partial charge in [0.2, 0.25) is 11.8 Å². The van der Waals surface area contributed by atoms with E-state index in [-0.39, 0.29) is 37.3 Å². The van der Waals surface area contributed by atoms with Crippen molar-refractivity contribution in [1.82, 2.24) is 4.90 Å². The van der Waals surface area contributed by atoms with E-state index in [0.29, 0.717) is 26.1 Å². The van der Waals surface area contributed by atoms with E-state index < -0.39 is 5.41 Å². The van der Waals surface area contributed by atoms with Crippen molar-refractivity contribution in [1.29, 1.82) is 0 Å². The van der Waals surface area contributed by atoms with Crippen LogP contribution in [0.15, 0.2) is 24.3 Å². The van der Waals surface area contributed by atoms with Gasteiger partial charge in [0.05, 0.1) is 12.0 Å². The second-order valence-electron chi connectivity index (χ2n) is 6.32. The van der Waals surface area contributed by atoms with Gasteiger partial charge in [-0.3, -0.25) is 9.59 Å². The molecule has 1 saturated heterocycles. The number of benzene rings is 1. The summed E-state index contributed by atoms with van der Waals surface area (Å²) in [6.07, 6.45) is 2.04. The van der Waals surface area contributed by atoms with Gasteiger partial charge in [0.1, 0.15) is 0 Å². The maximum Gasteiger partial charge on any atom is 0.243 e. The second kappa shape index (κ2) is 9.75. The van der Waals surface area contributed by atoms with E-state index in [0.717, 1.165) is 17.7 Å². The number of nitrogens with zero attached hydrogens (tertiary/aromatic N) is 1. The predicted molar refractivity (Wildman–Crippen MR) is 101 cm³/mol. The van der Waals surface area contributed by atoms with Crippen molar-refractivity contribution in [2.75, 3.05) is 38.7 Å². The molecule has 25 heavy (non-hydrogen) atoms. The van der Waals surface area contributed by atoms with Crippen molar-refractivity contribution in [3.63, 3.8) is 0 Å². The number of hydrogen-bond donors (Lipinski definition) is 2. The third kappa shape index (κ3) is 5.17. The largest absolute Gasteiger partial charge is 0.381 e. The molecule has 2 amide bonds. The van der Waals surface area contributed by atoms with Crippen LogP contribution in [0.25, 0.3) is 0 Å². The number of anilines is 1. The van der Waals surface area contributed by atoms with Gasteiger partial charge < -0.3 is 20.7 Å². The molecule has 0 bridgehead atoms. The van der Waals surface area contributed by atoms with Crippen molar-refractivity contribution < 1.29 is 14.3 Å². The van der Waals surface area contributed by atoms with Crippen LogP contribution in [-0.4, -0.2) is 50.1 Å². The van der Waals surface area contributed by atoms with Crippen molar-refractivity contribution in [3.8, 4) is 0 Å². The highest BCUT2D eigenvalue weighted by atomic mass is 35.5. The number of rotatable bonds is 6. The summed E-state index contributed by atoms with van der Waals surface area (Å²) >= 11 is 0. The minimum absolute atomic E-state index is 0. The van der Waals surface area contributed by atoms with Crippen LogP contribution >= 0.6 is 12.4 Å². The van der Waals surface area contributed by atoms with Crippen LogP contribution in [0.5, 0.6) is 0 Å². The summed E-state index contributed by atoms with van der Waals surface area (Å²) in [7, 11) is 1.65. The molecule has 0 saturated carbocycles. The molecule has 2 rings (SSSR count). The highest BCUT2D eigenvalue weighted by Crippen LogP contribution is 2.31. The van der Waals surface area contributed by atoms with Crippen LogP contribution in [0.1, 0.15) is 25.3 Å². The summed E-state index contributed by atoms with van der Waals surface area (Å²) < 4.78 is 5.34. The van der Waals surface area contributed by atoms with E-state index in [1.54, 1.807) is 7.05 Å². The number of carbonyl (C=O) groups is 2. The Morgan fingerprint density at radius 1 is 1.28 bits per heavy atom. The van der Waals surface area contributed by atoms with Crippen LogP contribution < -0.4 is 11.1 Å². The maximum absolute atomic E-state index is 12.8. The van der Waals surface area contributed by atoms with E-state index in [2.05, 4.69) is 5.32 Å². The van der Waals surface area contributed by atoms with Gasteiger partial charge in [-0.15, -0.1) is 12.4 Å². The molecule has 0 aliphatic carbocycles. The highest BCUT2D eigenvalue weighted by Gasteiger charge is 2.40. The van der Waals surface area contributed by atoms with Gasteiger partial charge >= 0.3 is 0 Å². The molecule has 1 aliphatic heterocycles. The van der Waals surface area contributed by atoms with Crippen LogP contribution in [0.3, 0.4) is 0 Å². The highest BCUT2D eigenvalue weighted by molar-refractivity contribution is 5.96. The summed E-state index contributed by atoms with van der Waals surface area (Å²) in [4.78, 5) is 26.6. The summed E-state index contributed by atoms with van der Waals surface area (Å²) in [6.45, 7) is 3.40. The lowest BCUT2D eigenvalue weighted by Gasteiger charge is -2.37. The van der Waals surface area contributed by atoms with E-state index in [9.17, 15) is 9.59 Å². The van der Waals surface area contributed by atoms with Crippen LogP contribution in [0, 0.1) is 5.41 Å². The lowest BCUT2D eigenvalue weighted by Crippen LogP contribution is -2.51. The zero-order valence-electron chi connectivity index (χ0n) is 14.9. The van der Waals surface area contributed by atoms with Crippen LogP contribution in [0.2, 0.25) is 0 Å². The number of aryl methyl sites for hydroxylation is 1. The summed E-state index contributed by atoms with van der Waals surface area (Å²) in [5.74, 6) is -0.279. The molecule has 1 heterocycles. The number of para-hydroxylation sites is 1. The van der Waals surface area contributed by atoms with Gasteiger partial charge in [0.25, 0.3) is 0 Å². The minimum Gasteiger partial charge on any atom is -0.381 e. The molecule has 0 atom stereocenters. The Morgan fingerprint density at radius 2 is 1.92 bits per heavy atom. The van der Waals surface area contributed by atoms with Crippen LogP contribution in [0.4, 0.5) is 5.69 Å². The van der Waals surface area contributed by atoms with Crippen molar-refractivity contribution in [3.05, 3.63) is 29.8 Å². The number of nitrogens with two attached hydrogens (primary N) is 1. The second-order valence-corrected chi connectivity index (χ2v) is 6.32. The van der Waals surface area contributed by atoms with E-state index in [4.69, 9.17) is 10.5 Å². The smallest absolute Gasteiger partial charge is 0.243 e. The van der Waals surface area contributed by atoms with Gasteiger partial charge in [0, 0.05) is 32.5 Å². The molecule has 1 fully saturated rings. The Balaban J connectivity index is 0.00000312. The molecule has 1 aromatic carbocycles. The monoisotopic (exact) mass is 369 g/mol. The van der Waals surface area contributed by atoms with Crippen molar-refractivity contribution in [2.45, 2.75) is 26.2 Å². The van der Waals surface area contributed by atoms with E-state index in [1.807, 2.05) is 31.2 Å². The SMILES string of the molecule is CCc1ccccc1NC(=O)CN(C)C(=O)C1(CN)CCOCC1.Cl. The summed E-state index contributed by atoms with van der Waals surface area (Å²) in [5.41, 5.74) is 7.13. The van der Waals surface area contributed by atoms with Crippen molar-refractivity contribution >= 4 is 29.9 Å². The Morgan fingerprint density at radius 3 is 2.52 bits per heavy atom. The lowest BCUT2D eigenvalue weighted by atomic mass is 9.79. The topological polar surface area (TPSA) is 84.7 Å². The fourth-order valence-corrected chi connectivity index (χ4v) is 3.10. The third-order valence-electron chi connectivity index (χ3n) is 4.69. The fraction of sp³-hybridized carbons (Fsp3) is 0.556.